The van der Waals surface area contributed by atoms with Gasteiger partial charge in [-0.2, -0.15) is 0 Å². The lowest BCUT2D eigenvalue weighted by Crippen LogP contribution is -2.28. The van der Waals surface area contributed by atoms with Crippen LogP contribution < -0.4 is 14.8 Å². The first-order valence-corrected chi connectivity index (χ1v) is 11.8. The summed E-state index contributed by atoms with van der Waals surface area (Å²) in [7, 11) is 0. The summed E-state index contributed by atoms with van der Waals surface area (Å²) in [5.41, 5.74) is 1.08. The van der Waals surface area contributed by atoms with E-state index < -0.39 is 11.7 Å². The second kappa shape index (κ2) is 11.3. The van der Waals surface area contributed by atoms with Crippen molar-refractivity contribution in [2.45, 2.75) is 20.3 Å². The predicted molar refractivity (Wildman–Crippen MR) is 129 cm³/mol. The molecule has 3 amide bonds. The smallest absolute Gasteiger partial charge is 0.293 e. The van der Waals surface area contributed by atoms with Crippen LogP contribution in [-0.4, -0.2) is 41.7 Å². The van der Waals surface area contributed by atoms with Gasteiger partial charge in [-0.1, -0.05) is 22.9 Å². The number of imide groups is 1. The van der Waals surface area contributed by atoms with E-state index in [1.54, 1.807) is 18.2 Å². The van der Waals surface area contributed by atoms with E-state index >= 15 is 0 Å². The Hall–Kier alpha value is -2.85. The van der Waals surface area contributed by atoms with Gasteiger partial charge in [-0.15, -0.1) is 0 Å². The number of nitrogens with zero attached hydrogens (tertiary/aromatic N) is 1. The zero-order valence-corrected chi connectivity index (χ0v) is 20.4. The fourth-order valence-electron chi connectivity index (χ4n) is 2.97. The summed E-state index contributed by atoms with van der Waals surface area (Å²) in [5.74, 6) is -0.433. The number of nitrogens with one attached hydrogen (secondary N) is 1. The van der Waals surface area contributed by atoms with Gasteiger partial charge in [0, 0.05) is 16.7 Å². The van der Waals surface area contributed by atoms with Crippen molar-refractivity contribution in [2.24, 2.45) is 0 Å². The SMILES string of the molecule is CCCN1C(=O)S/C(=C/c2cc(OCC)c(OCC(=O)Nc3ccc(F)cc3)cc2Br)C1=O. The molecule has 7 nitrogen and oxygen atoms in total. The number of halogens is 2. The predicted octanol–water partition coefficient (Wildman–Crippen LogP) is 5.45. The molecule has 1 aliphatic heterocycles. The molecule has 0 aliphatic carbocycles. The summed E-state index contributed by atoms with van der Waals surface area (Å²) >= 11 is 4.35. The average Bonchev–Trinajstić information content (AvgIpc) is 3.04. The monoisotopic (exact) mass is 536 g/mol. The Morgan fingerprint density at radius 2 is 1.85 bits per heavy atom. The van der Waals surface area contributed by atoms with E-state index in [2.05, 4.69) is 21.2 Å². The molecule has 0 aromatic heterocycles. The van der Waals surface area contributed by atoms with E-state index in [1.807, 2.05) is 13.8 Å². The molecule has 33 heavy (non-hydrogen) atoms. The number of ether oxygens (including phenoxy) is 2. The van der Waals surface area contributed by atoms with Crippen LogP contribution in [0.3, 0.4) is 0 Å². The lowest BCUT2D eigenvalue weighted by atomic mass is 10.1. The Balaban J connectivity index is 1.75. The number of carbonyl (C=O) groups is 3. The number of thioether (sulfide) groups is 1. The van der Waals surface area contributed by atoms with Gasteiger partial charge in [0.05, 0.1) is 11.5 Å². The van der Waals surface area contributed by atoms with Crippen LogP contribution in [0.4, 0.5) is 14.9 Å². The van der Waals surface area contributed by atoms with Gasteiger partial charge in [-0.25, -0.2) is 4.39 Å². The Morgan fingerprint density at radius 1 is 1.15 bits per heavy atom. The molecular weight excluding hydrogens is 515 g/mol. The van der Waals surface area contributed by atoms with Crippen LogP contribution in [0.5, 0.6) is 11.5 Å². The largest absolute Gasteiger partial charge is 0.490 e. The fourth-order valence-corrected chi connectivity index (χ4v) is 4.27. The van der Waals surface area contributed by atoms with Gasteiger partial charge in [0.2, 0.25) is 0 Å². The van der Waals surface area contributed by atoms with Crippen LogP contribution in [-0.2, 0) is 9.59 Å². The van der Waals surface area contributed by atoms with Crippen molar-refractivity contribution in [1.29, 1.82) is 0 Å². The lowest BCUT2D eigenvalue weighted by molar-refractivity contribution is -0.122. The highest BCUT2D eigenvalue weighted by atomic mass is 79.9. The summed E-state index contributed by atoms with van der Waals surface area (Å²) in [6, 6.07) is 8.71. The molecule has 2 aromatic rings. The van der Waals surface area contributed by atoms with E-state index in [1.165, 1.54) is 29.2 Å². The molecule has 0 unspecified atom stereocenters. The summed E-state index contributed by atoms with van der Waals surface area (Å²) in [6.07, 6.45) is 2.31. The van der Waals surface area contributed by atoms with Crippen molar-refractivity contribution >= 4 is 56.5 Å². The molecule has 0 bridgehead atoms. The van der Waals surface area contributed by atoms with Crippen molar-refractivity contribution < 1.29 is 28.2 Å². The molecule has 0 atom stereocenters. The Morgan fingerprint density at radius 3 is 2.52 bits per heavy atom. The van der Waals surface area contributed by atoms with Crippen molar-refractivity contribution in [3.8, 4) is 11.5 Å². The second-order valence-electron chi connectivity index (χ2n) is 6.93. The third kappa shape index (κ3) is 6.35. The summed E-state index contributed by atoms with van der Waals surface area (Å²) in [5, 5.41) is 2.33. The fraction of sp³-hybridized carbons (Fsp3) is 0.261. The molecule has 2 aromatic carbocycles. The van der Waals surface area contributed by atoms with Crippen molar-refractivity contribution in [1.82, 2.24) is 4.90 Å². The zero-order chi connectivity index (χ0) is 24.0. The van der Waals surface area contributed by atoms with Gasteiger partial charge in [0.15, 0.2) is 18.1 Å². The maximum Gasteiger partial charge on any atom is 0.293 e. The highest BCUT2D eigenvalue weighted by Crippen LogP contribution is 2.38. The Kier molecular flexibility index (Phi) is 8.51. The summed E-state index contributed by atoms with van der Waals surface area (Å²) in [4.78, 5) is 38.4. The van der Waals surface area contributed by atoms with Crippen molar-refractivity contribution in [3.05, 3.63) is 57.2 Å². The van der Waals surface area contributed by atoms with Gasteiger partial charge < -0.3 is 14.8 Å². The van der Waals surface area contributed by atoms with Crippen LogP contribution in [0, 0.1) is 5.82 Å². The Labute approximate surface area is 203 Å². The zero-order valence-electron chi connectivity index (χ0n) is 18.0. The molecule has 3 rings (SSSR count). The minimum atomic E-state index is -0.422. The quantitative estimate of drug-likeness (QED) is 0.429. The molecule has 174 valence electrons. The van der Waals surface area contributed by atoms with Gasteiger partial charge >= 0.3 is 0 Å². The molecule has 1 N–H and O–H groups in total. The molecule has 0 saturated carbocycles. The van der Waals surface area contributed by atoms with Crippen LogP contribution in [0.15, 0.2) is 45.8 Å². The molecule has 1 aliphatic rings. The maximum absolute atomic E-state index is 13.0. The number of anilines is 1. The number of rotatable bonds is 9. The number of benzene rings is 2. The van der Waals surface area contributed by atoms with Crippen molar-refractivity contribution in [3.63, 3.8) is 0 Å². The summed E-state index contributed by atoms with van der Waals surface area (Å²) in [6.45, 7) is 4.14. The third-order valence-corrected chi connectivity index (χ3v) is 6.05. The van der Waals surface area contributed by atoms with Gasteiger partial charge in [-0.05, 0) is 73.1 Å². The maximum atomic E-state index is 13.0. The van der Waals surface area contributed by atoms with Crippen LogP contribution in [0.2, 0.25) is 0 Å². The minimum Gasteiger partial charge on any atom is -0.490 e. The molecule has 0 radical (unpaired) electrons. The molecule has 1 fully saturated rings. The molecule has 0 spiro atoms. The van der Waals surface area contributed by atoms with Gasteiger partial charge in [0.25, 0.3) is 17.1 Å². The first kappa shape index (κ1) is 24.8. The first-order valence-electron chi connectivity index (χ1n) is 10.2. The Bertz CT molecular complexity index is 1090. The van der Waals surface area contributed by atoms with E-state index in [-0.39, 0.29) is 17.8 Å². The van der Waals surface area contributed by atoms with E-state index in [0.29, 0.717) is 51.7 Å². The standard InChI is InChI=1S/C23H22BrFN2O5S/c1-3-9-27-22(29)20(33-23(27)30)11-14-10-18(31-4-2)19(12-17(14)24)32-13-21(28)26-16-7-5-15(25)6-8-16/h5-8,10-12H,3-4,9,13H2,1-2H3,(H,26,28)/b20-11+. The number of carbonyl (C=O) groups excluding carboxylic acids is 3. The number of hydrogen-bond acceptors (Lipinski definition) is 6. The number of hydrogen-bond donors (Lipinski definition) is 1. The molecule has 1 heterocycles. The van der Waals surface area contributed by atoms with Gasteiger partial charge in [0.1, 0.15) is 5.82 Å². The van der Waals surface area contributed by atoms with Crippen molar-refractivity contribution in [2.75, 3.05) is 25.1 Å². The third-order valence-electron chi connectivity index (χ3n) is 4.46. The van der Waals surface area contributed by atoms with Crippen LogP contribution in [0.25, 0.3) is 6.08 Å². The first-order chi connectivity index (χ1) is 15.8. The highest BCUT2D eigenvalue weighted by molar-refractivity contribution is 9.10. The number of amides is 3. The lowest BCUT2D eigenvalue weighted by Gasteiger charge is -2.14. The van der Waals surface area contributed by atoms with E-state index in [9.17, 15) is 18.8 Å². The summed E-state index contributed by atoms with van der Waals surface area (Å²) < 4.78 is 24.9. The van der Waals surface area contributed by atoms with E-state index in [0.717, 1.165) is 11.8 Å². The van der Waals surface area contributed by atoms with Crippen LogP contribution >= 0.6 is 27.7 Å². The highest BCUT2D eigenvalue weighted by Gasteiger charge is 2.34. The normalized spacial score (nSPS) is 14.7. The molecular formula is C23H22BrFN2O5S. The minimum absolute atomic E-state index is 0.290. The molecule has 10 heteroatoms. The van der Waals surface area contributed by atoms with Gasteiger partial charge in [-0.3, -0.25) is 19.3 Å². The second-order valence-corrected chi connectivity index (χ2v) is 8.78. The average molecular weight is 537 g/mol. The topological polar surface area (TPSA) is 84.9 Å². The molecule has 1 saturated heterocycles. The van der Waals surface area contributed by atoms with Crippen LogP contribution in [0.1, 0.15) is 25.8 Å². The van der Waals surface area contributed by atoms with E-state index in [4.69, 9.17) is 9.47 Å².